The van der Waals surface area contributed by atoms with E-state index in [1.165, 1.54) is 4.88 Å². The minimum atomic E-state index is 0.271. The molecule has 0 radical (unpaired) electrons. The fourth-order valence-electron chi connectivity index (χ4n) is 2.36. The van der Waals surface area contributed by atoms with Gasteiger partial charge in [-0.25, -0.2) is 9.97 Å². The average Bonchev–Trinajstić information content (AvgIpc) is 3.15. The van der Waals surface area contributed by atoms with Crippen LogP contribution in [0.2, 0.25) is 0 Å². The number of fused-ring (bicyclic) bond motifs is 1. The lowest BCUT2D eigenvalue weighted by molar-refractivity contribution is 0.755. The summed E-state index contributed by atoms with van der Waals surface area (Å²) >= 11 is 1.77. The molecular weight excluding hydrogens is 282 g/mol. The summed E-state index contributed by atoms with van der Waals surface area (Å²) in [5.41, 5.74) is 0.880. The fourth-order valence-corrected chi connectivity index (χ4v) is 3.23. The Morgan fingerprint density at radius 3 is 2.86 bits per heavy atom. The van der Waals surface area contributed by atoms with Crippen molar-refractivity contribution in [3.63, 3.8) is 0 Å². The number of hydrogen-bond donors (Lipinski definition) is 1. The minimum absolute atomic E-state index is 0.271. The van der Waals surface area contributed by atoms with Crippen LogP contribution >= 0.6 is 11.3 Å². The number of aryl methyl sites for hydroxylation is 2. The van der Waals surface area contributed by atoms with Gasteiger partial charge in [0.15, 0.2) is 5.65 Å². The van der Waals surface area contributed by atoms with E-state index in [0.29, 0.717) is 0 Å². The molecule has 0 spiro atoms. The molecule has 0 bridgehead atoms. The van der Waals surface area contributed by atoms with Crippen molar-refractivity contribution in [3.8, 4) is 0 Å². The Morgan fingerprint density at radius 2 is 2.19 bits per heavy atom. The predicted molar refractivity (Wildman–Crippen MR) is 86.7 cm³/mol. The second-order valence-corrected chi connectivity index (χ2v) is 5.95. The molecule has 6 heteroatoms. The molecule has 0 aromatic carbocycles. The Morgan fingerprint density at radius 1 is 1.33 bits per heavy atom. The topological polar surface area (TPSA) is 55.6 Å². The molecule has 21 heavy (non-hydrogen) atoms. The van der Waals surface area contributed by atoms with E-state index >= 15 is 0 Å². The molecule has 1 N–H and O–H groups in total. The van der Waals surface area contributed by atoms with Crippen molar-refractivity contribution in [1.29, 1.82) is 0 Å². The molecule has 0 aliphatic rings. The standard InChI is InChI=1S/C15H19N5S/c1-4-11(12-7-6-8-21-12)17-14-10-9-16-20(3)15(10)19-13(5-2)18-14/h6-9,11H,4-5H2,1-3H3,(H,17,18,19). The van der Waals surface area contributed by atoms with Gasteiger partial charge in [0.1, 0.15) is 11.6 Å². The monoisotopic (exact) mass is 301 g/mol. The van der Waals surface area contributed by atoms with Crippen LogP contribution in [-0.4, -0.2) is 19.7 Å². The fraction of sp³-hybridized carbons (Fsp3) is 0.400. The average molecular weight is 301 g/mol. The van der Waals surface area contributed by atoms with Gasteiger partial charge >= 0.3 is 0 Å². The number of hydrogen-bond acceptors (Lipinski definition) is 5. The summed E-state index contributed by atoms with van der Waals surface area (Å²) in [5, 5.41) is 11.0. The van der Waals surface area contributed by atoms with Crippen LogP contribution in [-0.2, 0) is 13.5 Å². The molecule has 3 aromatic heterocycles. The van der Waals surface area contributed by atoms with Gasteiger partial charge in [-0.3, -0.25) is 4.68 Å². The summed E-state index contributed by atoms with van der Waals surface area (Å²) < 4.78 is 1.80. The molecule has 0 fully saturated rings. The van der Waals surface area contributed by atoms with Crippen LogP contribution in [0.5, 0.6) is 0 Å². The first kappa shape index (κ1) is 14.0. The Balaban J connectivity index is 2.02. The first-order valence-corrected chi connectivity index (χ1v) is 8.09. The molecule has 3 rings (SSSR count). The van der Waals surface area contributed by atoms with Gasteiger partial charge in [-0.2, -0.15) is 5.10 Å². The summed E-state index contributed by atoms with van der Waals surface area (Å²) in [4.78, 5) is 10.5. The summed E-state index contributed by atoms with van der Waals surface area (Å²) in [7, 11) is 1.91. The van der Waals surface area contributed by atoms with Crippen LogP contribution in [0.25, 0.3) is 11.0 Å². The van der Waals surface area contributed by atoms with Gasteiger partial charge < -0.3 is 5.32 Å². The maximum absolute atomic E-state index is 4.66. The Hall–Kier alpha value is -1.95. The quantitative estimate of drug-likeness (QED) is 0.783. The lowest BCUT2D eigenvalue weighted by Crippen LogP contribution is -2.11. The molecular formula is C15H19N5S. The van der Waals surface area contributed by atoms with Crippen molar-refractivity contribution in [2.45, 2.75) is 32.7 Å². The number of anilines is 1. The summed E-state index contributed by atoms with van der Waals surface area (Å²) in [5.74, 6) is 1.72. The molecule has 0 aliphatic heterocycles. The van der Waals surface area contributed by atoms with Crippen molar-refractivity contribution in [3.05, 3.63) is 34.4 Å². The summed E-state index contributed by atoms with van der Waals surface area (Å²) in [6.45, 7) is 4.25. The van der Waals surface area contributed by atoms with Crippen molar-refractivity contribution >= 4 is 28.2 Å². The van der Waals surface area contributed by atoms with Crippen LogP contribution in [0, 0.1) is 0 Å². The highest BCUT2D eigenvalue weighted by atomic mass is 32.1. The van der Waals surface area contributed by atoms with Gasteiger partial charge in [-0.05, 0) is 17.9 Å². The first-order chi connectivity index (χ1) is 10.2. The second kappa shape index (κ2) is 5.81. The summed E-state index contributed by atoms with van der Waals surface area (Å²) in [6.07, 6.45) is 3.65. The van der Waals surface area contributed by atoms with Crippen LogP contribution in [0.3, 0.4) is 0 Å². The number of rotatable bonds is 5. The zero-order chi connectivity index (χ0) is 14.8. The van der Waals surface area contributed by atoms with Crippen molar-refractivity contribution in [2.24, 2.45) is 7.05 Å². The lowest BCUT2D eigenvalue weighted by Gasteiger charge is -2.17. The summed E-state index contributed by atoms with van der Waals surface area (Å²) in [6, 6.07) is 4.52. The largest absolute Gasteiger partial charge is 0.362 e. The van der Waals surface area contributed by atoms with Gasteiger partial charge in [-0.1, -0.05) is 19.9 Å². The van der Waals surface area contributed by atoms with Crippen molar-refractivity contribution < 1.29 is 0 Å². The van der Waals surface area contributed by atoms with E-state index in [-0.39, 0.29) is 6.04 Å². The first-order valence-electron chi connectivity index (χ1n) is 7.21. The lowest BCUT2D eigenvalue weighted by atomic mass is 10.2. The predicted octanol–water partition coefficient (Wildman–Crippen LogP) is 3.55. The normalized spacial score (nSPS) is 12.7. The molecule has 0 saturated heterocycles. The van der Waals surface area contributed by atoms with Crippen molar-refractivity contribution in [2.75, 3.05) is 5.32 Å². The van der Waals surface area contributed by atoms with Gasteiger partial charge in [0.05, 0.1) is 17.6 Å². The molecule has 3 heterocycles. The van der Waals surface area contributed by atoms with Gasteiger partial charge in [0.25, 0.3) is 0 Å². The number of thiophene rings is 1. The van der Waals surface area contributed by atoms with E-state index in [0.717, 1.165) is 35.5 Å². The van der Waals surface area contributed by atoms with Gasteiger partial charge in [-0.15, -0.1) is 11.3 Å². The maximum Gasteiger partial charge on any atom is 0.163 e. The van der Waals surface area contributed by atoms with E-state index in [4.69, 9.17) is 0 Å². The Bertz CT molecular complexity index is 732. The van der Waals surface area contributed by atoms with E-state index in [9.17, 15) is 0 Å². The third-order valence-electron chi connectivity index (χ3n) is 3.56. The van der Waals surface area contributed by atoms with E-state index in [1.54, 1.807) is 16.0 Å². The highest BCUT2D eigenvalue weighted by Crippen LogP contribution is 2.28. The number of nitrogens with one attached hydrogen (secondary N) is 1. The SMILES string of the molecule is CCc1nc(NC(CC)c2cccs2)c2cnn(C)c2n1. The molecule has 0 saturated carbocycles. The van der Waals surface area contributed by atoms with E-state index in [2.05, 4.69) is 51.7 Å². The number of aromatic nitrogens is 4. The van der Waals surface area contributed by atoms with Crippen LogP contribution in [0.4, 0.5) is 5.82 Å². The smallest absolute Gasteiger partial charge is 0.163 e. The van der Waals surface area contributed by atoms with Crippen LogP contribution in [0.15, 0.2) is 23.7 Å². The number of nitrogens with zero attached hydrogens (tertiary/aromatic N) is 4. The Labute approximate surface area is 128 Å². The minimum Gasteiger partial charge on any atom is -0.362 e. The zero-order valence-corrected chi connectivity index (χ0v) is 13.3. The molecule has 3 aromatic rings. The van der Waals surface area contributed by atoms with Crippen LogP contribution in [0.1, 0.15) is 37.0 Å². The second-order valence-electron chi connectivity index (χ2n) is 4.97. The third kappa shape index (κ3) is 2.63. The van der Waals surface area contributed by atoms with Crippen molar-refractivity contribution in [1.82, 2.24) is 19.7 Å². The molecule has 1 unspecified atom stereocenters. The van der Waals surface area contributed by atoms with Gasteiger partial charge in [0.2, 0.25) is 0 Å². The molecule has 0 aliphatic carbocycles. The molecule has 110 valence electrons. The zero-order valence-electron chi connectivity index (χ0n) is 12.5. The maximum atomic E-state index is 4.66. The molecule has 1 atom stereocenters. The Kier molecular flexibility index (Phi) is 3.88. The molecule has 5 nitrogen and oxygen atoms in total. The van der Waals surface area contributed by atoms with Crippen LogP contribution < -0.4 is 5.32 Å². The molecule has 0 amide bonds. The third-order valence-corrected chi connectivity index (χ3v) is 4.55. The highest BCUT2D eigenvalue weighted by molar-refractivity contribution is 7.10. The van der Waals surface area contributed by atoms with E-state index < -0.39 is 0 Å². The van der Waals surface area contributed by atoms with Gasteiger partial charge in [0, 0.05) is 18.3 Å². The highest BCUT2D eigenvalue weighted by Gasteiger charge is 2.16. The van der Waals surface area contributed by atoms with E-state index in [1.807, 2.05) is 13.2 Å².